The summed E-state index contributed by atoms with van der Waals surface area (Å²) in [7, 11) is 1.46. The number of carbonyl (C=O) groups excluding carboxylic acids is 4. The maximum Gasteiger partial charge on any atom is 0.255 e. The summed E-state index contributed by atoms with van der Waals surface area (Å²) >= 11 is 0. The van der Waals surface area contributed by atoms with Gasteiger partial charge in [-0.2, -0.15) is 4.98 Å². The molecule has 3 fully saturated rings. The summed E-state index contributed by atoms with van der Waals surface area (Å²) in [6.45, 7) is 4.04. The van der Waals surface area contributed by atoms with Gasteiger partial charge in [0.05, 0.1) is 16.1 Å². The van der Waals surface area contributed by atoms with Crippen LogP contribution in [-0.4, -0.2) is 123 Å². The fraction of sp³-hybridized carbons (Fsp3) is 0.465. The Hall–Kier alpha value is -5.39. The van der Waals surface area contributed by atoms with E-state index in [2.05, 4.69) is 20.5 Å². The number of halogens is 1. The summed E-state index contributed by atoms with van der Waals surface area (Å²) in [5.41, 5.74) is 1.71. The predicted molar refractivity (Wildman–Crippen MR) is 227 cm³/mol. The highest BCUT2D eigenvalue weighted by atomic mass is 32.2. The van der Waals surface area contributed by atoms with Crippen molar-refractivity contribution in [3.63, 3.8) is 0 Å². The van der Waals surface area contributed by atoms with Gasteiger partial charge >= 0.3 is 0 Å². The normalized spacial score (nSPS) is 17.9. The van der Waals surface area contributed by atoms with Crippen molar-refractivity contribution in [1.29, 1.82) is 0 Å². The van der Waals surface area contributed by atoms with E-state index >= 15 is 4.39 Å². The third-order valence-electron chi connectivity index (χ3n) is 12.0. The number of piperidine rings is 1. The van der Waals surface area contributed by atoms with Crippen LogP contribution in [0, 0.1) is 5.82 Å². The van der Waals surface area contributed by atoms with Gasteiger partial charge in [-0.3, -0.25) is 28.6 Å². The third-order valence-corrected chi connectivity index (χ3v) is 13.5. The molecule has 0 bridgehead atoms. The van der Waals surface area contributed by atoms with Gasteiger partial charge in [0.1, 0.15) is 34.8 Å². The quantitative estimate of drug-likeness (QED) is 0.166. The minimum Gasteiger partial charge on any atom is -0.367 e. The van der Waals surface area contributed by atoms with Crippen LogP contribution in [0.3, 0.4) is 0 Å². The Kier molecular flexibility index (Phi) is 13.8. The van der Waals surface area contributed by atoms with E-state index in [-0.39, 0.29) is 47.3 Å². The van der Waals surface area contributed by atoms with Crippen LogP contribution >= 0.6 is 0 Å². The lowest BCUT2D eigenvalue weighted by Gasteiger charge is -2.36. The molecule has 318 valence electrons. The zero-order valence-corrected chi connectivity index (χ0v) is 34.9. The van der Waals surface area contributed by atoms with E-state index in [1.807, 2.05) is 38.0 Å². The Balaban J connectivity index is 0.923. The van der Waals surface area contributed by atoms with E-state index in [0.29, 0.717) is 70.0 Å². The molecule has 2 aromatic heterocycles. The Morgan fingerprint density at radius 1 is 1.00 bits per heavy atom. The Labute approximate surface area is 350 Å². The fourth-order valence-corrected chi connectivity index (χ4v) is 9.89. The molecular formula is C43H52FN9O6S. The number of amides is 2. The van der Waals surface area contributed by atoms with E-state index in [9.17, 15) is 28.2 Å². The van der Waals surface area contributed by atoms with Crippen molar-refractivity contribution in [2.75, 3.05) is 63.6 Å². The number of hydrogen-bond donors (Lipinski definition) is 2. The second kappa shape index (κ2) is 19.3. The lowest BCUT2D eigenvalue weighted by Crippen LogP contribution is -2.47. The van der Waals surface area contributed by atoms with Crippen molar-refractivity contribution >= 4 is 58.0 Å². The van der Waals surface area contributed by atoms with Crippen LogP contribution < -0.4 is 21.1 Å². The first-order valence-electron chi connectivity index (χ1n) is 20.7. The van der Waals surface area contributed by atoms with Crippen molar-refractivity contribution in [2.24, 2.45) is 0 Å². The highest BCUT2D eigenvalue weighted by Gasteiger charge is 2.30. The average molecular weight is 842 g/mol. The Bertz CT molecular complexity index is 2300. The van der Waals surface area contributed by atoms with Gasteiger partial charge in [0.25, 0.3) is 11.5 Å². The average Bonchev–Trinajstić information content (AvgIpc) is 3.81. The number of hydrogen-bond acceptors (Lipinski definition) is 11. The van der Waals surface area contributed by atoms with E-state index < -0.39 is 34.7 Å². The van der Waals surface area contributed by atoms with Gasteiger partial charge in [0.15, 0.2) is 6.29 Å². The van der Waals surface area contributed by atoms with E-state index in [1.165, 1.54) is 20.2 Å². The van der Waals surface area contributed by atoms with Crippen LogP contribution in [0.5, 0.6) is 0 Å². The van der Waals surface area contributed by atoms with Crippen LogP contribution in [0.1, 0.15) is 83.7 Å². The summed E-state index contributed by atoms with van der Waals surface area (Å²) in [5, 5.41) is 6.79. The molecule has 1 saturated carbocycles. The maximum absolute atomic E-state index is 15.6. The van der Waals surface area contributed by atoms with Gasteiger partial charge in [-0.25, -0.2) is 17.9 Å². The molecule has 4 heterocycles. The fourth-order valence-electron chi connectivity index (χ4n) is 8.61. The number of anilines is 2. The third kappa shape index (κ3) is 9.48. The molecule has 15 nitrogen and oxygen atoms in total. The van der Waals surface area contributed by atoms with Crippen molar-refractivity contribution < 1.29 is 27.8 Å². The summed E-state index contributed by atoms with van der Waals surface area (Å²) in [5.74, 6) is -1.32. The van der Waals surface area contributed by atoms with Gasteiger partial charge in [-0.1, -0.05) is 25.0 Å². The number of fused-ring (bicyclic) bond motifs is 1. The van der Waals surface area contributed by atoms with Crippen LogP contribution in [-0.2, 0) is 27.1 Å². The topological polar surface area (TPSA) is 170 Å². The van der Waals surface area contributed by atoms with Gasteiger partial charge in [0.2, 0.25) is 11.9 Å². The highest BCUT2D eigenvalue weighted by Crippen LogP contribution is 2.31. The molecule has 4 aromatic rings. The molecule has 2 N–H and O–H groups in total. The molecule has 60 heavy (non-hydrogen) atoms. The van der Waals surface area contributed by atoms with Crippen LogP contribution in [0.4, 0.5) is 16.0 Å². The summed E-state index contributed by atoms with van der Waals surface area (Å²) < 4.78 is 33.3. The predicted octanol–water partition coefficient (Wildman–Crippen LogP) is 3.95. The van der Waals surface area contributed by atoms with Gasteiger partial charge in [-0.05, 0) is 68.0 Å². The van der Waals surface area contributed by atoms with Crippen LogP contribution in [0.25, 0.3) is 11.0 Å². The van der Waals surface area contributed by atoms with Gasteiger partial charge in [0, 0.05) is 102 Å². The molecule has 3 aliphatic rings. The first-order valence-corrected chi connectivity index (χ1v) is 21.8. The Morgan fingerprint density at radius 2 is 1.75 bits per heavy atom. The van der Waals surface area contributed by atoms with Crippen LogP contribution in [0.2, 0.25) is 0 Å². The largest absolute Gasteiger partial charge is 0.367 e. The number of piperazine rings is 1. The number of benzene rings is 2. The van der Waals surface area contributed by atoms with Crippen molar-refractivity contribution in [1.82, 2.24) is 34.0 Å². The number of rotatable bonds is 15. The molecular weight excluding hydrogens is 790 g/mol. The molecule has 2 saturated heterocycles. The van der Waals surface area contributed by atoms with Gasteiger partial charge < -0.3 is 25.2 Å². The lowest BCUT2D eigenvalue weighted by molar-refractivity contribution is -0.125. The molecule has 2 aliphatic heterocycles. The second-order valence-electron chi connectivity index (χ2n) is 15.8. The molecule has 17 heteroatoms. The Morgan fingerprint density at radius 3 is 2.45 bits per heavy atom. The number of carbonyl (C=O) groups is 4. The van der Waals surface area contributed by atoms with Crippen molar-refractivity contribution in [3.05, 3.63) is 87.6 Å². The van der Waals surface area contributed by atoms with Gasteiger partial charge in [-0.15, -0.1) is 0 Å². The maximum atomic E-state index is 15.6. The second-order valence-corrected chi connectivity index (χ2v) is 17.2. The smallest absolute Gasteiger partial charge is 0.255 e. The molecule has 7 rings (SSSR count). The summed E-state index contributed by atoms with van der Waals surface area (Å²) in [6.07, 6.45) is 8.77. The SMILES string of the molecule is CNC(=O)C(CCC=O)N(C)C(=O)c1cc(F)c(N2CCN(Cc3cccc(S(=O)N4CCC(Nc5ncc6ccc(=O)n(C7CCCC7)c6n5)CC4)c3)CC2)cc1C=O. The first-order chi connectivity index (χ1) is 29.1. The molecule has 2 aromatic carbocycles. The number of pyridine rings is 1. The highest BCUT2D eigenvalue weighted by molar-refractivity contribution is 7.82. The number of nitrogens with zero attached hydrogens (tertiary/aromatic N) is 7. The lowest BCUT2D eigenvalue weighted by atomic mass is 10.0. The zero-order chi connectivity index (χ0) is 42.3. The zero-order valence-electron chi connectivity index (χ0n) is 34.1. The van der Waals surface area contributed by atoms with Crippen molar-refractivity contribution in [3.8, 4) is 0 Å². The molecule has 2 atom stereocenters. The standard InChI is InChI=1S/C43H52FN9O6S/c1-45-41(57)37(11-6-22-54)49(2)42(58)35-25-36(44)38(24-31(35)28-55)51-20-18-50(19-21-51)27-29-7-5-10-34(23-29)60(59)52-16-14-32(15-17-52)47-43-46-26-30-12-13-39(56)53(40(30)48-43)33-8-3-4-9-33/h5,7,10,12-13,22-26,28,32-33,37H,3-4,6,8-9,11,14-21,27H2,1-2H3,(H,45,57)(H,46,47,48). The molecule has 0 radical (unpaired) electrons. The number of nitrogens with one attached hydrogen (secondary N) is 2. The number of aromatic nitrogens is 3. The van der Waals surface area contributed by atoms with E-state index in [0.717, 1.165) is 65.3 Å². The molecule has 2 unspecified atom stereocenters. The van der Waals surface area contributed by atoms with Crippen molar-refractivity contribution in [2.45, 2.75) is 80.9 Å². The first kappa shape index (κ1) is 42.7. The van der Waals surface area contributed by atoms with E-state index in [1.54, 1.807) is 18.3 Å². The monoisotopic (exact) mass is 841 g/mol. The number of likely N-dealkylation sites (N-methyl/N-ethyl adjacent to an activating group) is 2. The molecule has 0 spiro atoms. The minimum atomic E-state index is -1.35. The summed E-state index contributed by atoms with van der Waals surface area (Å²) in [4.78, 5) is 77.1. The van der Waals surface area contributed by atoms with Crippen LogP contribution in [0.15, 0.2) is 64.4 Å². The number of aldehydes is 2. The van der Waals surface area contributed by atoms with E-state index in [4.69, 9.17) is 4.98 Å². The summed E-state index contributed by atoms with van der Waals surface area (Å²) in [6, 6.07) is 12.9. The minimum absolute atomic E-state index is 0.00729. The molecule has 2 amide bonds. The molecule has 1 aliphatic carbocycles.